The lowest BCUT2D eigenvalue weighted by Crippen LogP contribution is -2.61. The zero-order valence-corrected chi connectivity index (χ0v) is 36.2. The molecule has 0 atom stereocenters. The lowest BCUT2D eigenvalue weighted by atomic mass is 9.35. The van der Waals surface area contributed by atoms with E-state index in [4.69, 9.17) is 0 Å². The Balaban J connectivity index is 1.41. The fourth-order valence-corrected chi connectivity index (χ4v) is 11.1. The highest BCUT2D eigenvalue weighted by molar-refractivity contribution is 7.33. The minimum Gasteiger partial charge on any atom is -0.311 e. The van der Waals surface area contributed by atoms with Gasteiger partial charge in [-0.2, -0.15) is 0 Å². The van der Waals surface area contributed by atoms with Gasteiger partial charge in [-0.25, -0.2) is 0 Å². The number of rotatable bonds is 2. The first-order valence-electron chi connectivity index (χ1n) is 20.4. The van der Waals surface area contributed by atoms with Crippen LogP contribution in [0.5, 0.6) is 0 Å². The summed E-state index contributed by atoms with van der Waals surface area (Å²) >= 11 is 2.00. The van der Waals surface area contributed by atoms with Gasteiger partial charge in [0.1, 0.15) is 0 Å². The molecule has 0 amide bonds. The van der Waals surface area contributed by atoms with Crippen molar-refractivity contribution >= 4 is 78.0 Å². The van der Waals surface area contributed by atoms with Crippen LogP contribution in [0.25, 0.3) is 10.1 Å². The van der Waals surface area contributed by atoms with Crippen LogP contribution < -0.4 is 25.5 Å². The van der Waals surface area contributed by atoms with Gasteiger partial charge in [0.25, 0.3) is 6.71 Å². The lowest BCUT2D eigenvalue weighted by molar-refractivity contribution is 0.332. The molecule has 2 aliphatic heterocycles. The van der Waals surface area contributed by atoms with E-state index in [9.17, 15) is 0 Å². The Kier molecular flexibility index (Phi) is 7.85. The second-order valence-electron chi connectivity index (χ2n) is 20.4. The molecule has 9 rings (SSSR count). The zero-order chi connectivity index (χ0) is 39.1. The number of fused-ring (bicyclic) bond motifs is 7. The number of thiophene rings is 1. The maximum Gasteiger partial charge on any atom is 0.264 e. The molecule has 1 aromatic heterocycles. The predicted molar refractivity (Wildman–Crippen MR) is 243 cm³/mol. The third-order valence-corrected chi connectivity index (χ3v) is 14.5. The van der Waals surface area contributed by atoms with E-state index in [1.807, 2.05) is 11.3 Å². The number of benzene rings is 5. The maximum atomic E-state index is 2.67. The van der Waals surface area contributed by atoms with Crippen molar-refractivity contribution in [2.75, 3.05) is 9.80 Å². The molecule has 0 saturated carbocycles. The van der Waals surface area contributed by atoms with Crippen LogP contribution in [0, 0.1) is 20.8 Å². The smallest absolute Gasteiger partial charge is 0.264 e. The molecular formula is C51H57BN2S. The molecule has 0 bridgehead atoms. The van der Waals surface area contributed by atoms with Crippen LogP contribution in [-0.2, 0) is 21.7 Å². The Morgan fingerprint density at radius 2 is 1.18 bits per heavy atom. The fraction of sp³-hybridized carbons (Fsp3) is 0.373. The summed E-state index contributed by atoms with van der Waals surface area (Å²) in [6.45, 7) is 30.7. The SMILES string of the molecule is Cc1cc2c3c(c1)N(c1ccc(C(C)(C)C)cc1)c1c(sc4ccc(C)cc14)B3c1cc3c(cc1N2c1ccc(C(C)(C)C)cc1C)C(C)(C)CCC3(C)C. The fourth-order valence-electron chi connectivity index (χ4n) is 9.80. The van der Waals surface area contributed by atoms with E-state index >= 15 is 0 Å². The van der Waals surface area contributed by atoms with Gasteiger partial charge in [0.05, 0.1) is 5.69 Å². The summed E-state index contributed by atoms with van der Waals surface area (Å²) in [6, 6.07) is 34.0. The monoisotopic (exact) mass is 740 g/mol. The zero-order valence-electron chi connectivity index (χ0n) is 35.4. The third-order valence-electron chi connectivity index (χ3n) is 13.2. The van der Waals surface area contributed by atoms with Gasteiger partial charge in [-0.1, -0.05) is 111 Å². The number of nitrogens with zero attached hydrogens (tertiary/aromatic N) is 2. The first kappa shape index (κ1) is 36.4. The molecule has 0 spiro atoms. The van der Waals surface area contributed by atoms with Gasteiger partial charge in [0.2, 0.25) is 0 Å². The average molecular weight is 741 g/mol. The summed E-state index contributed by atoms with van der Waals surface area (Å²) in [5.74, 6) is 0. The quantitative estimate of drug-likeness (QED) is 0.163. The molecular weight excluding hydrogens is 683 g/mol. The Bertz CT molecular complexity index is 2550. The third kappa shape index (κ3) is 5.56. The van der Waals surface area contributed by atoms with E-state index < -0.39 is 0 Å². The highest BCUT2D eigenvalue weighted by Crippen LogP contribution is 2.52. The number of aryl methyl sites for hydroxylation is 3. The molecule has 3 aliphatic rings. The Morgan fingerprint density at radius 3 is 1.80 bits per heavy atom. The molecule has 1 aliphatic carbocycles. The standard InChI is InChI=1S/C51H57BN2S/c1-30-14-21-44-36(24-30)46-47(55-44)52-39-28-37-38(51(12,13)23-22-50(37,10)11)29-41(39)54(40-20-17-34(27-32(40)3)49(7,8)9)43-26-31(2)25-42(45(43)52)53(46)35-18-15-33(16-19-35)48(4,5)6/h14-21,24-29H,22-23H2,1-13H3. The molecule has 0 N–H and O–H groups in total. The van der Waals surface area contributed by atoms with E-state index in [-0.39, 0.29) is 28.4 Å². The second kappa shape index (κ2) is 11.9. The van der Waals surface area contributed by atoms with Crippen LogP contribution in [0.4, 0.5) is 34.1 Å². The normalized spacial score (nSPS) is 16.9. The summed E-state index contributed by atoms with van der Waals surface area (Å²) in [6.07, 6.45) is 2.39. The van der Waals surface area contributed by atoms with Gasteiger partial charge >= 0.3 is 0 Å². The van der Waals surface area contributed by atoms with Gasteiger partial charge in [-0.15, -0.1) is 11.3 Å². The second-order valence-corrected chi connectivity index (χ2v) is 21.5. The molecule has 0 radical (unpaired) electrons. The van der Waals surface area contributed by atoms with Crippen LogP contribution in [0.3, 0.4) is 0 Å². The topological polar surface area (TPSA) is 6.48 Å². The minimum absolute atomic E-state index is 0.0738. The molecule has 5 aromatic carbocycles. The predicted octanol–water partition coefficient (Wildman–Crippen LogP) is 12.9. The lowest BCUT2D eigenvalue weighted by Gasteiger charge is -2.47. The molecule has 3 heterocycles. The van der Waals surface area contributed by atoms with E-state index in [2.05, 4.69) is 185 Å². The van der Waals surface area contributed by atoms with Gasteiger partial charge in [-0.3, -0.25) is 0 Å². The summed E-state index contributed by atoms with van der Waals surface area (Å²) in [4.78, 5) is 5.27. The van der Waals surface area contributed by atoms with Crippen molar-refractivity contribution in [1.29, 1.82) is 0 Å². The van der Waals surface area contributed by atoms with Gasteiger partial charge in [-0.05, 0) is 148 Å². The first-order valence-corrected chi connectivity index (χ1v) is 21.2. The Labute approximate surface area is 334 Å². The van der Waals surface area contributed by atoms with Crippen molar-refractivity contribution < 1.29 is 0 Å². The molecule has 0 saturated heterocycles. The summed E-state index contributed by atoms with van der Waals surface area (Å²) in [7, 11) is 0. The largest absolute Gasteiger partial charge is 0.311 e. The maximum absolute atomic E-state index is 2.67. The van der Waals surface area contributed by atoms with Crippen molar-refractivity contribution in [1.82, 2.24) is 0 Å². The molecule has 4 heteroatoms. The average Bonchev–Trinajstić information content (AvgIpc) is 3.47. The van der Waals surface area contributed by atoms with Crippen molar-refractivity contribution in [3.05, 3.63) is 124 Å². The molecule has 6 aromatic rings. The number of hydrogen-bond donors (Lipinski definition) is 0. The summed E-state index contributed by atoms with van der Waals surface area (Å²) in [5.41, 5.74) is 20.6. The van der Waals surface area contributed by atoms with E-state index in [1.165, 1.54) is 112 Å². The summed E-state index contributed by atoms with van der Waals surface area (Å²) < 4.78 is 2.81. The van der Waals surface area contributed by atoms with E-state index in [1.54, 1.807) is 0 Å². The van der Waals surface area contributed by atoms with Gasteiger partial charge in [0, 0.05) is 43.3 Å². The highest BCUT2D eigenvalue weighted by atomic mass is 32.1. The van der Waals surface area contributed by atoms with Gasteiger partial charge in [0.15, 0.2) is 0 Å². The highest BCUT2D eigenvalue weighted by Gasteiger charge is 2.48. The van der Waals surface area contributed by atoms with Crippen LogP contribution in [0.15, 0.2) is 84.9 Å². The van der Waals surface area contributed by atoms with Crippen LogP contribution in [-0.4, -0.2) is 6.71 Å². The van der Waals surface area contributed by atoms with E-state index in [0.29, 0.717) is 0 Å². The molecule has 0 fully saturated rings. The van der Waals surface area contributed by atoms with Crippen molar-refractivity contribution in [3.8, 4) is 0 Å². The van der Waals surface area contributed by atoms with Crippen molar-refractivity contribution in [3.63, 3.8) is 0 Å². The number of hydrogen-bond acceptors (Lipinski definition) is 3. The Morgan fingerprint density at radius 1 is 0.582 bits per heavy atom. The summed E-state index contributed by atoms with van der Waals surface area (Å²) in [5, 5.41) is 1.35. The molecule has 55 heavy (non-hydrogen) atoms. The number of anilines is 6. The van der Waals surface area contributed by atoms with Gasteiger partial charge < -0.3 is 9.80 Å². The van der Waals surface area contributed by atoms with Crippen LogP contribution in [0.1, 0.15) is 121 Å². The molecule has 2 nitrogen and oxygen atoms in total. The Hall–Kier alpha value is -4.28. The van der Waals surface area contributed by atoms with Crippen molar-refractivity contribution in [2.24, 2.45) is 0 Å². The van der Waals surface area contributed by atoms with Crippen molar-refractivity contribution in [2.45, 2.75) is 125 Å². The minimum atomic E-state index is 0.0738. The molecule has 0 unspecified atom stereocenters. The van der Waals surface area contributed by atoms with Crippen LogP contribution in [0.2, 0.25) is 0 Å². The molecule has 280 valence electrons. The first-order chi connectivity index (χ1) is 25.7. The van der Waals surface area contributed by atoms with E-state index in [0.717, 1.165) is 0 Å². The van der Waals surface area contributed by atoms with Crippen LogP contribution >= 0.6 is 11.3 Å².